The minimum absolute atomic E-state index is 0.00567. The van der Waals surface area contributed by atoms with E-state index in [1.807, 2.05) is 0 Å². The van der Waals surface area contributed by atoms with Gasteiger partial charge in [-0.1, -0.05) is 0 Å². The van der Waals surface area contributed by atoms with Crippen LogP contribution in [0.4, 0.5) is 33.3 Å². The molecule has 4 rings (SSSR count). The third kappa shape index (κ3) is 6.43. The number of nitrogens with one attached hydrogen (secondary N) is 2. The number of carbonyl (C=O) groups excluding carboxylic acids is 2. The van der Waals surface area contributed by atoms with Gasteiger partial charge >= 0.3 is 6.18 Å². The summed E-state index contributed by atoms with van der Waals surface area (Å²) in [6.07, 6.45) is -5.05. The predicted octanol–water partition coefficient (Wildman–Crippen LogP) is 7.36. The molecule has 0 bridgehead atoms. The van der Waals surface area contributed by atoms with Gasteiger partial charge < -0.3 is 25.6 Å². The number of ketones is 1. The van der Waals surface area contributed by atoms with Gasteiger partial charge in [0.25, 0.3) is 5.91 Å². The Bertz CT molecular complexity index is 1640. The van der Waals surface area contributed by atoms with E-state index in [1.165, 1.54) is 38.2 Å². The van der Waals surface area contributed by atoms with Crippen LogP contribution in [-0.2, 0) is 0 Å². The van der Waals surface area contributed by atoms with E-state index in [0.29, 0.717) is 29.2 Å². The van der Waals surface area contributed by atoms with Crippen molar-refractivity contribution in [3.05, 3.63) is 107 Å². The van der Waals surface area contributed by atoms with Gasteiger partial charge in [-0.15, -0.1) is 0 Å². The minimum atomic E-state index is -5.05. The van der Waals surface area contributed by atoms with E-state index in [-0.39, 0.29) is 17.0 Å². The third-order valence-electron chi connectivity index (χ3n) is 6.30. The molecule has 1 atom stereocenters. The van der Waals surface area contributed by atoms with E-state index in [1.54, 1.807) is 24.3 Å². The van der Waals surface area contributed by atoms with Crippen molar-refractivity contribution >= 4 is 23.1 Å². The lowest BCUT2D eigenvalue weighted by Crippen LogP contribution is -2.23. The topological polar surface area (TPSA) is 108 Å². The Kier molecular flexibility index (Phi) is 8.36. The second-order valence-corrected chi connectivity index (χ2v) is 9.18. The van der Waals surface area contributed by atoms with E-state index in [0.717, 1.165) is 12.1 Å². The Balaban J connectivity index is 1.60. The summed E-state index contributed by atoms with van der Waals surface area (Å²) >= 11 is 0. The standard InChI is InChI=1S/C30H23F5N2O5/c1-15(38)16-3-7-20(8-4-16)42-21-9-5-17(6-10-21)29(41)37-25-14-19(12-23(32)28(25)40)26(30(33,34)35)18-11-22(31)27(39)24(13-18)36-2/h3-14,26,36,39-40H,1-2H3,(H,37,41). The van der Waals surface area contributed by atoms with Gasteiger partial charge in [0.1, 0.15) is 17.4 Å². The monoisotopic (exact) mass is 586 g/mol. The third-order valence-corrected chi connectivity index (χ3v) is 6.30. The van der Waals surface area contributed by atoms with Crippen LogP contribution in [0.2, 0.25) is 0 Å². The maximum absolute atomic E-state index is 14.6. The SMILES string of the molecule is CNc1cc(C(c2cc(F)c(O)c(NC(=O)c3ccc(Oc4ccc(C(C)=O)cc4)cc3)c2)C(F)(F)F)cc(F)c1O. The fourth-order valence-electron chi connectivity index (χ4n) is 4.19. The molecule has 0 saturated heterocycles. The van der Waals surface area contributed by atoms with Gasteiger partial charge in [0.15, 0.2) is 28.9 Å². The zero-order valence-electron chi connectivity index (χ0n) is 22.0. The molecule has 0 aliphatic rings. The normalized spacial score (nSPS) is 12.0. The van der Waals surface area contributed by atoms with Crippen LogP contribution in [0.15, 0.2) is 72.8 Å². The number of benzene rings is 4. The Hall–Kier alpha value is -5.13. The number of phenols is 2. The summed E-state index contributed by atoms with van der Waals surface area (Å²) in [7, 11) is 1.26. The van der Waals surface area contributed by atoms with E-state index in [4.69, 9.17) is 4.74 Å². The molecular formula is C30H23F5N2O5. The Labute approximate surface area is 236 Å². The molecule has 0 aliphatic heterocycles. The summed E-state index contributed by atoms with van der Waals surface area (Å²) in [6, 6.07) is 14.4. The molecule has 0 aliphatic carbocycles. The van der Waals surface area contributed by atoms with Crippen LogP contribution in [0, 0.1) is 11.6 Å². The highest BCUT2D eigenvalue weighted by Gasteiger charge is 2.43. The lowest BCUT2D eigenvalue weighted by Gasteiger charge is -2.23. The van der Waals surface area contributed by atoms with Crippen molar-refractivity contribution in [1.29, 1.82) is 0 Å². The van der Waals surface area contributed by atoms with E-state index in [9.17, 15) is 41.8 Å². The van der Waals surface area contributed by atoms with Gasteiger partial charge in [0.2, 0.25) is 0 Å². The molecule has 4 N–H and O–H groups in total. The number of hydrogen-bond acceptors (Lipinski definition) is 6. The zero-order chi connectivity index (χ0) is 30.8. The molecule has 7 nitrogen and oxygen atoms in total. The smallest absolute Gasteiger partial charge is 0.399 e. The van der Waals surface area contributed by atoms with Crippen molar-refractivity contribution in [3.63, 3.8) is 0 Å². The Morgan fingerprint density at radius 2 is 1.21 bits per heavy atom. The first-order valence-electron chi connectivity index (χ1n) is 12.3. The fraction of sp³-hybridized carbons (Fsp3) is 0.133. The van der Waals surface area contributed by atoms with E-state index in [2.05, 4.69) is 10.6 Å². The summed E-state index contributed by atoms with van der Waals surface area (Å²) in [5.41, 5.74) is -1.87. The number of Topliss-reactive ketones (excluding diaryl/α,β-unsaturated/α-hetero) is 1. The Morgan fingerprint density at radius 3 is 1.67 bits per heavy atom. The van der Waals surface area contributed by atoms with Gasteiger partial charge in [-0.05, 0) is 90.8 Å². The van der Waals surface area contributed by atoms with Gasteiger partial charge in [0, 0.05) is 18.2 Å². The first-order valence-corrected chi connectivity index (χ1v) is 12.3. The number of rotatable bonds is 8. The highest BCUT2D eigenvalue weighted by molar-refractivity contribution is 6.05. The summed E-state index contributed by atoms with van der Waals surface area (Å²) in [6.45, 7) is 1.43. The molecule has 4 aromatic rings. The molecule has 0 aromatic heterocycles. The van der Waals surface area contributed by atoms with Crippen molar-refractivity contribution in [2.75, 3.05) is 17.7 Å². The summed E-state index contributed by atoms with van der Waals surface area (Å²) in [5.74, 6) is -7.60. The van der Waals surface area contributed by atoms with Crippen molar-refractivity contribution < 1.29 is 46.5 Å². The highest BCUT2D eigenvalue weighted by atomic mass is 19.4. The zero-order valence-corrected chi connectivity index (χ0v) is 22.0. The molecule has 0 fully saturated rings. The summed E-state index contributed by atoms with van der Waals surface area (Å²) < 4.78 is 77.1. The number of hydrogen-bond donors (Lipinski definition) is 4. The van der Waals surface area contributed by atoms with Gasteiger partial charge in [-0.25, -0.2) is 8.78 Å². The molecule has 0 radical (unpaired) electrons. The van der Waals surface area contributed by atoms with Gasteiger partial charge in [-0.3, -0.25) is 9.59 Å². The van der Waals surface area contributed by atoms with Crippen LogP contribution >= 0.6 is 0 Å². The average molecular weight is 587 g/mol. The number of halogens is 5. The van der Waals surface area contributed by atoms with Crippen molar-refractivity contribution in [1.82, 2.24) is 0 Å². The van der Waals surface area contributed by atoms with Crippen LogP contribution in [0.1, 0.15) is 44.7 Å². The van der Waals surface area contributed by atoms with Gasteiger partial charge in [0.05, 0.1) is 11.4 Å². The maximum atomic E-state index is 14.6. The van der Waals surface area contributed by atoms with Crippen LogP contribution in [0.3, 0.4) is 0 Å². The number of aromatic hydroxyl groups is 2. The lowest BCUT2D eigenvalue weighted by molar-refractivity contribution is -0.141. The highest BCUT2D eigenvalue weighted by Crippen LogP contribution is 2.45. The summed E-state index contributed by atoms with van der Waals surface area (Å²) in [4.78, 5) is 24.2. The predicted molar refractivity (Wildman–Crippen MR) is 144 cm³/mol. The van der Waals surface area contributed by atoms with Crippen LogP contribution in [0.25, 0.3) is 0 Å². The van der Waals surface area contributed by atoms with Crippen LogP contribution in [-0.4, -0.2) is 35.1 Å². The molecular weight excluding hydrogens is 563 g/mol. The summed E-state index contributed by atoms with van der Waals surface area (Å²) in [5, 5.41) is 24.5. The van der Waals surface area contributed by atoms with Crippen LogP contribution in [0.5, 0.6) is 23.0 Å². The molecule has 0 spiro atoms. The number of phenolic OH excluding ortho intramolecular Hbond substituents is 2. The quantitative estimate of drug-likeness (QED) is 0.0977. The Morgan fingerprint density at radius 1 is 0.762 bits per heavy atom. The largest absolute Gasteiger partial charge is 0.503 e. The molecule has 0 saturated carbocycles. The molecule has 4 aromatic carbocycles. The molecule has 12 heteroatoms. The number of alkyl halides is 3. The molecule has 218 valence electrons. The number of amides is 1. The second-order valence-electron chi connectivity index (χ2n) is 9.18. The minimum Gasteiger partial charge on any atom is -0.503 e. The first-order chi connectivity index (χ1) is 19.8. The van der Waals surface area contributed by atoms with Crippen molar-refractivity contribution in [2.24, 2.45) is 0 Å². The van der Waals surface area contributed by atoms with Crippen LogP contribution < -0.4 is 15.4 Å². The van der Waals surface area contributed by atoms with E-state index < -0.39 is 57.9 Å². The number of carbonyl (C=O) groups is 2. The molecule has 42 heavy (non-hydrogen) atoms. The lowest BCUT2D eigenvalue weighted by atomic mass is 9.89. The number of ether oxygens (including phenoxy) is 1. The number of anilines is 2. The molecule has 0 heterocycles. The van der Waals surface area contributed by atoms with Gasteiger partial charge in [-0.2, -0.15) is 13.2 Å². The first kappa shape index (κ1) is 29.8. The van der Waals surface area contributed by atoms with Crippen molar-refractivity contribution in [2.45, 2.75) is 19.0 Å². The van der Waals surface area contributed by atoms with Crippen molar-refractivity contribution in [3.8, 4) is 23.0 Å². The molecule has 1 unspecified atom stereocenters. The average Bonchev–Trinajstić information content (AvgIpc) is 2.93. The maximum Gasteiger partial charge on any atom is 0.399 e. The fourth-order valence-corrected chi connectivity index (χ4v) is 4.19. The van der Waals surface area contributed by atoms with E-state index >= 15 is 0 Å². The second kappa shape index (κ2) is 11.8. The molecule has 1 amide bonds.